The first kappa shape index (κ1) is 17.0. The van der Waals surface area contributed by atoms with Crippen molar-refractivity contribution in [3.05, 3.63) is 73.0 Å². The number of carboxylic acid groups (broad SMARTS) is 1. The van der Waals surface area contributed by atoms with Crippen LogP contribution < -0.4 is 5.32 Å². The van der Waals surface area contributed by atoms with Gasteiger partial charge in [0.25, 0.3) is 0 Å². The highest BCUT2D eigenvalue weighted by Crippen LogP contribution is 2.20. The number of hydrogen-bond acceptors (Lipinski definition) is 4. The molecule has 0 radical (unpaired) electrons. The van der Waals surface area contributed by atoms with Gasteiger partial charge in [0, 0.05) is 12.6 Å². The van der Waals surface area contributed by atoms with Crippen molar-refractivity contribution in [3.8, 4) is 0 Å². The van der Waals surface area contributed by atoms with E-state index in [0.717, 1.165) is 11.9 Å². The van der Waals surface area contributed by atoms with Gasteiger partial charge in [-0.2, -0.15) is 0 Å². The van der Waals surface area contributed by atoms with Crippen LogP contribution in [0.15, 0.2) is 67.4 Å². The first-order valence-electron chi connectivity index (χ1n) is 6.47. The van der Waals surface area contributed by atoms with E-state index in [0.29, 0.717) is 5.69 Å². The highest BCUT2D eigenvalue weighted by molar-refractivity contribution is 5.95. The van der Waals surface area contributed by atoms with Crippen LogP contribution >= 0.6 is 0 Å². The van der Waals surface area contributed by atoms with E-state index in [-0.39, 0.29) is 11.5 Å². The fourth-order valence-corrected chi connectivity index (χ4v) is 1.57. The summed E-state index contributed by atoms with van der Waals surface area (Å²) in [6, 6.07) is 16.3. The van der Waals surface area contributed by atoms with Crippen LogP contribution in [0.3, 0.4) is 0 Å². The lowest BCUT2D eigenvalue weighted by Crippen LogP contribution is -2.01. The minimum absolute atomic E-state index is 0.270. The Balaban J connectivity index is 0.000000346. The van der Waals surface area contributed by atoms with Gasteiger partial charge in [0.1, 0.15) is 0 Å². The average Bonchev–Trinajstić information content (AvgIpc) is 2.49. The zero-order valence-corrected chi connectivity index (χ0v) is 12.2. The van der Waals surface area contributed by atoms with Crippen molar-refractivity contribution in [2.45, 2.75) is 6.92 Å². The summed E-state index contributed by atoms with van der Waals surface area (Å²) in [5.41, 5.74) is 1.74. The Labute approximate surface area is 128 Å². The van der Waals surface area contributed by atoms with Gasteiger partial charge in [0.2, 0.25) is 0 Å². The standard InChI is InChI=1S/C13H11NO2.C4H6O2/c15-13(16)11-8-4-5-9-12(11)14-10-6-2-1-3-7-10;1-3-6-4(2)5/h1-9,14H,(H,15,16);3H,1H2,2H3. The third-order valence-corrected chi connectivity index (χ3v) is 2.46. The molecule has 114 valence electrons. The highest BCUT2D eigenvalue weighted by Gasteiger charge is 2.08. The molecule has 0 amide bonds. The van der Waals surface area contributed by atoms with Crippen LogP contribution in [-0.2, 0) is 9.53 Å². The molecule has 0 bridgehead atoms. The Morgan fingerprint density at radius 1 is 1.09 bits per heavy atom. The maximum Gasteiger partial charge on any atom is 0.337 e. The number of carbonyl (C=O) groups excluding carboxylic acids is 1. The second-order valence-electron chi connectivity index (χ2n) is 4.12. The number of carbonyl (C=O) groups is 2. The molecule has 5 heteroatoms. The zero-order chi connectivity index (χ0) is 16.4. The zero-order valence-electron chi connectivity index (χ0n) is 12.2. The molecule has 2 aromatic rings. The Bertz CT molecular complexity index is 638. The summed E-state index contributed by atoms with van der Waals surface area (Å²) in [5, 5.41) is 12.1. The van der Waals surface area contributed by atoms with Crippen molar-refractivity contribution >= 4 is 23.3 Å². The molecule has 22 heavy (non-hydrogen) atoms. The van der Waals surface area contributed by atoms with Crippen molar-refractivity contribution in [2.24, 2.45) is 0 Å². The molecule has 2 rings (SSSR count). The first-order chi connectivity index (χ1) is 10.5. The van der Waals surface area contributed by atoms with Gasteiger partial charge in [-0.1, -0.05) is 36.9 Å². The quantitative estimate of drug-likeness (QED) is 0.663. The van der Waals surface area contributed by atoms with Gasteiger partial charge in [0.05, 0.1) is 17.5 Å². The second kappa shape index (κ2) is 8.97. The monoisotopic (exact) mass is 299 g/mol. The Kier molecular flexibility index (Phi) is 6.92. The molecule has 2 aromatic carbocycles. The van der Waals surface area contributed by atoms with E-state index >= 15 is 0 Å². The van der Waals surface area contributed by atoms with Gasteiger partial charge in [-0.15, -0.1) is 0 Å². The fraction of sp³-hybridized carbons (Fsp3) is 0.0588. The summed E-state index contributed by atoms with van der Waals surface area (Å²) < 4.78 is 4.17. The number of para-hydroxylation sites is 2. The van der Waals surface area contributed by atoms with E-state index in [4.69, 9.17) is 5.11 Å². The van der Waals surface area contributed by atoms with Crippen molar-refractivity contribution in [1.29, 1.82) is 0 Å². The molecular formula is C17H17NO4. The molecule has 0 aromatic heterocycles. The van der Waals surface area contributed by atoms with Crippen LogP contribution in [0.1, 0.15) is 17.3 Å². The highest BCUT2D eigenvalue weighted by atomic mass is 16.5. The number of rotatable bonds is 4. The third-order valence-electron chi connectivity index (χ3n) is 2.46. The van der Waals surface area contributed by atoms with Crippen molar-refractivity contribution in [3.63, 3.8) is 0 Å². The maximum absolute atomic E-state index is 11.0. The molecule has 0 aliphatic heterocycles. The molecule has 0 fully saturated rings. The predicted molar refractivity (Wildman–Crippen MR) is 85.1 cm³/mol. The molecular weight excluding hydrogens is 282 g/mol. The van der Waals surface area contributed by atoms with E-state index in [1.807, 2.05) is 30.3 Å². The topological polar surface area (TPSA) is 75.6 Å². The molecule has 0 spiro atoms. The third kappa shape index (κ3) is 5.92. The molecule has 0 saturated heterocycles. The normalized spacial score (nSPS) is 8.95. The van der Waals surface area contributed by atoms with E-state index in [1.165, 1.54) is 6.92 Å². The molecule has 0 aliphatic rings. The van der Waals surface area contributed by atoms with Crippen molar-refractivity contribution in [2.75, 3.05) is 5.32 Å². The summed E-state index contributed by atoms with van der Waals surface area (Å²) in [4.78, 5) is 20.7. The van der Waals surface area contributed by atoms with Crippen LogP contribution in [-0.4, -0.2) is 17.0 Å². The van der Waals surface area contributed by atoms with Crippen LogP contribution in [0.2, 0.25) is 0 Å². The largest absolute Gasteiger partial charge is 0.478 e. The summed E-state index contributed by atoms with van der Waals surface area (Å²) >= 11 is 0. The Hall–Kier alpha value is -3.08. The second-order valence-corrected chi connectivity index (χ2v) is 4.12. The number of nitrogens with one attached hydrogen (secondary N) is 1. The van der Waals surface area contributed by atoms with Gasteiger partial charge in [-0.3, -0.25) is 4.79 Å². The first-order valence-corrected chi connectivity index (χ1v) is 6.47. The number of aromatic carboxylic acids is 1. The lowest BCUT2D eigenvalue weighted by Gasteiger charge is -2.08. The number of benzene rings is 2. The smallest absolute Gasteiger partial charge is 0.337 e. The molecule has 0 heterocycles. The summed E-state index contributed by atoms with van der Waals surface area (Å²) in [6.45, 7) is 4.48. The minimum atomic E-state index is -0.931. The summed E-state index contributed by atoms with van der Waals surface area (Å²) in [5.74, 6) is -1.26. The number of ether oxygens (including phenoxy) is 1. The van der Waals surface area contributed by atoms with E-state index in [1.54, 1.807) is 24.3 Å². The lowest BCUT2D eigenvalue weighted by atomic mass is 10.1. The van der Waals surface area contributed by atoms with Gasteiger partial charge in [0.15, 0.2) is 0 Å². The molecule has 0 aliphatic carbocycles. The van der Waals surface area contributed by atoms with Gasteiger partial charge < -0.3 is 15.2 Å². The summed E-state index contributed by atoms with van der Waals surface area (Å²) in [7, 11) is 0. The minimum Gasteiger partial charge on any atom is -0.478 e. The van der Waals surface area contributed by atoms with E-state index in [2.05, 4.69) is 16.6 Å². The molecule has 0 saturated carbocycles. The Morgan fingerprint density at radius 3 is 2.18 bits per heavy atom. The van der Waals surface area contributed by atoms with Crippen LogP contribution in [0.4, 0.5) is 11.4 Å². The number of anilines is 2. The van der Waals surface area contributed by atoms with Crippen molar-refractivity contribution < 1.29 is 19.4 Å². The fourth-order valence-electron chi connectivity index (χ4n) is 1.57. The average molecular weight is 299 g/mol. The molecule has 5 nitrogen and oxygen atoms in total. The van der Waals surface area contributed by atoms with E-state index < -0.39 is 5.97 Å². The van der Waals surface area contributed by atoms with Crippen molar-refractivity contribution in [1.82, 2.24) is 0 Å². The maximum atomic E-state index is 11.0. The van der Waals surface area contributed by atoms with Gasteiger partial charge >= 0.3 is 11.9 Å². The van der Waals surface area contributed by atoms with Crippen LogP contribution in [0.5, 0.6) is 0 Å². The van der Waals surface area contributed by atoms with Gasteiger partial charge in [-0.05, 0) is 24.3 Å². The van der Waals surface area contributed by atoms with E-state index in [9.17, 15) is 9.59 Å². The van der Waals surface area contributed by atoms with Crippen LogP contribution in [0.25, 0.3) is 0 Å². The number of esters is 1. The predicted octanol–water partition coefficient (Wildman–Crippen LogP) is 3.82. The summed E-state index contributed by atoms with van der Waals surface area (Å²) in [6.07, 6.45) is 1.10. The molecule has 0 atom stereocenters. The van der Waals surface area contributed by atoms with Crippen LogP contribution in [0, 0.1) is 0 Å². The number of hydrogen-bond donors (Lipinski definition) is 2. The Morgan fingerprint density at radius 2 is 1.68 bits per heavy atom. The SMILES string of the molecule is C=COC(C)=O.O=C(O)c1ccccc1Nc1ccccc1. The van der Waals surface area contributed by atoms with Gasteiger partial charge in [-0.25, -0.2) is 4.79 Å². The number of carboxylic acids is 1. The molecule has 2 N–H and O–H groups in total. The lowest BCUT2D eigenvalue weighted by molar-refractivity contribution is -0.135. The molecule has 0 unspecified atom stereocenters.